The largest absolute Gasteiger partial charge is 0.398 e. The van der Waals surface area contributed by atoms with Gasteiger partial charge >= 0.3 is 12.2 Å². The molecule has 0 aliphatic heterocycles. The second kappa shape index (κ2) is 17.7. The van der Waals surface area contributed by atoms with Gasteiger partial charge in [-0.05, 0) is 12.8 Å². The Morgan fingerprint density at radius 1 is 0.800 bits per heavy atom. The molecule has 0 radical (unpaired) electrons. The Labute approximate surface area is 154 Å². The summed E-state index contributed by atoms with van der Waals surface area (Å²) in [6.07, 6.45) is 15.1. The van der Waals surface area contributed by atoms with E-state index in [2.05, 4.69) is 13.8 Å². The van der Waals surface area contributed by atoms with E-state index in [1.165, 1.54) is 51.4 Å². The van der Waals surface area contributed by atoms with Crippen LogP contribution >= 0.6 is 0 Å². The fraction of sp³-hybridized carbons (Fsp3) is 0.950. The molecule has 0 saturated carbocycles. The van der Waals surface area contributed by atoms with Crippen LogP contribution in [0.15, 0.2) is 0 Å². The van der Waals surface area contributed by atoms with Gasteiger partial charge in [0.1, 0.15) is 0 Å². The second-order valence-electron chi connectivity index (χ2n) is 7.01. The predicted octanol–water partition coefficient (Wildman–Crippen LogP) is 6.41. The highest BCUT2D eigenvalue weighted by molar-refractivity contribution is 5.69. The highest BCUT2D eigenvalue weighted by atomic mass is 16.7. The molecule has 0 aromatic carbocycles. The Morgan fingerprint density at radius 2 is 1.24 bits per heavy atom. The molecule has 0 saturated heterocycles. The van der Waals surface area contributed by atoms with Gasteiger partial charge in [0.25, 0.3) is 0 Å². The molecule has 0 aliphatic rings. The fourth-order valence-electron chi connectivity index (χ4n) is 2.92. The van der Waals surface area contributed by atoms with Crippen molar-refractivity contribution < 1.29 is 14.5 Å². The van der Waals surface area contributed by atoms with Crippen molar-refractivity contribution in [1.29, 1.82) is 0 Å². The van der Waals surface area contributed by atoms with Crippen LogP contribution in [-0.4, -0.2) is 17.1 Å². The number of nitro groups is 1. The Morgan fingerprint density at radius 3 is 1.72 bits per heavy atom. The van der Waals surface area contributed by atoms with Crippen LogP contribution in [0.1, 0.15) is 117 Å². The number of esters is 1. The molecule has 148 valence electrons. The molecule has 0 rings (SSSR count). The van der Waals surface area contributed by atoms with Gasteiger partial charge in [0, 0.05) is 6.42 Å². The minimum absolute atomic E-state index is 0.301. The van der Waals surface area contributed by atoms with Gasteiger partial charge in [-0.25, -0.2) is 0 Å². The zero-order valence-electron chi connectivity index (χ0n) is 16.5. The van der Waals surface area contributed by atoms with E-state index in [9.17, 15) is 14.9 Å². The maximum absolute atomic E-state index is 11.8. The van der Waals surface area contributed by atoms with Crippen molar-refractivity contribution in [3.8, 4) is 0 Å². The number of unbranched alkanes of at least 4 members (excludes halogenated alkanes) is 12. The lowest BCUT2D eigenvalue weighted by Crippen LogP contribution is -2.26. The number of nitrogens with zero attached hydrogens (tertiary/aromatic N) is 1. The first-order chi connectivity index (χ1) is 12.1. The van der Waals surface area contributed by atoms with E-state index in [1.54, 1.807) is 0 Å². The highest BCUT2D eigenvalue weighted by Gasteiger charge is 2.23. The standard InChI is InChI=1S/C20H39NO4/c1-3-5-7-9-11-13-15-17-19(21(23)24)25-20(22)18-16-14-12-10-8-6-4-2/h19H,3-18H2,1-2H3. The van der Waals surface area contributed by atoms with Crippen molar-refractivity contribution in [3.63, 3.8) is 0 Å². The third-order valence-corrected chi connectivity index (χ3v) is 4.54. The molecule has 25 heavy (non-hydrogen) atoms. The lowest BCUT2D eigenvalue weighted by molar-refractivity contribution is -0.569. The maximum atomic E-state index is 11.8. The lowest BCUT2D eigenvalue weighted by Gasteiger charge is -2.10. The average Bonchev–Trinajstić information content (AvgIpc) is 2.59. The fourth-order valence-corrected chi connectivity index (χ4v) is 2.92. The van der Waals surface area contributed by atoms with Crippen molar-refractivity contribution in [2.45, 2.75) is 123 Å². The summed E-state index contributed by atoms with van der Waals surface area (Å²) in [5.41, 5.74) is 0. The van der Waals surface area contributed by atoms with E-state index >= 15 is 0 Å². The minimum Gasteiger partial charge on any atom is -0.398 e. The van der Waals surface area contributed by atoms with Gasteiger partial charge in [0.2, 0.25) is 0 Å². The summed E-state index contributed by atoms with van der Waals surface area (Å²) in [4.78, 5) is 22.4. The molecule has 0 N–H and O–H groups in total. The molecule has 0 aromatic heterocycles. The van der Waals surface area contributed by atoms with Gasteiger partial charge in [-0.3, -0.25) is 14.9 Å². The summed E-state index contributed by atoms with van der Waals surface area (Å²) in [6.45, 7) is 4.37. The summed E-state index contributed by atoms with van der Waals surface area (Å²) in [5, 5.41) is 11.0. The van der Waals surface area contributed by atoms with Crippen molar-refractivity contribution in [2.24, 2.45) is 0 Å². The molecule has 0 heterocycles. The van der Waals surface area contributed by atoms with Crippen molar-refractivity contribution >= 4 is 5.97 Å². The van der Waals surface area contributed by atoms with Crippen LogP contribution < -0.4 is 0 Å². The van der Waals surface area contributed by atoms with Crippen molar-refractivity contribution in [1.82, 2.24) is 0 Å². The summed E-state index contributed by atoms with van der Waals surface area (Å²) < 4.78 is 5.06. The summed E-state index contributed by atoms with van der Waals surface area (Å²) >= 11 is 0. The molecule has 5 nitrogen and oxygen atoms in total. The average molecular weight is 358 g/mol. The molecule has 0 fully saturated rings. The SMILES string of the molecule is CCCCCCCCCC(=O)OC(CCCCCCCCC)[N+](=O)[O-]. The molecule has 1 atom stereocenters. The molecule has 0 aliphatic carbocycles. The van der Waals surface area contributed by atoms with Crippen molar-refractivity contribution in [3.05, 3.63) is 10.1 Å². The highest BCUT2D eigenvalue weighted by Crippen LogP contribution is 2.13. The third kappa shape index (κ3) is 16.1. The van der Waals surface area contributed by atoms with Crippen LogP contribution in [0, 0.1) is 10.1 Å². The second-order valence-corrected chi connectivity index (χ2v) is 7.01. The lowest BCUT2D eigenvalue weighted by atomic mass is 10.1. The topological polar surface area (TPSA) is 69.4 Å². The van der Waals surface area contributed by atoms with Crippen LogP contribution in [0.2, 0.25) is 0 Å². The number of hydrogen-bond acceptors (Lipinski definition) is 4. The van der Waals surface area contributed by atoms with E-state index in [4.69, 9.17) is 4.74 Å². The Kier molecular flexibility index (Phi) is 16.9. The van der Waals surface area contributed by atoms with Crippen LogP contribution in [-0.2, 0) is 9.53 Å². The normalized spacial score (nSPS) is 12.1. The van der Waals surface area contributed by atoms with Crippen LogP contribution in [0.5, 0.6) is 0 Å². The maximum Gasteiger partial charge on any atom is 0.355 e. The van der Waals surface area contributed by atoms with Crippen LogP contribution in [0.25, 0.3) is 0 Å². The van der Waals surface area contributed by atoms with E-state index in [-0.39, 0.29) is 0 Å². The monoisotopic (exact) mass is 357 g/mol. The van der Waals surface area contributed by atoms with Gasteiger partial charge < -0.3 is 4.74 Å². The van der Waals surface area contributed by atoms with Gasteiger partial charge in [-0.1, -0.05) is 90.9 Å². The molecule has 0 aromatic rings. The Hall–Kier alpha value is -1.13. The Balaban J connectivity index is 3.72. The van der Waals surface area contributed by atoms with Gasteiger partial charge in [0.05, 0.1) is 11.3 Å². The first-order valence-electron chi connectivity index (χ1n) is 10.4. The van der Waals surface area contributed by atoms with E-state index in [0.29, 0.717) is 12.8 Å². The molecule has 0 bridgehead atoms. The number of ether oxygens (including phenoxy) is 1. The van der Waals surface area contributed by atoms with Crippen LogP contribution in [0.3, 0.4) is 0 Å². The quantitative estimate of drug-likeness (QED) is 0.0933. The first-order valence-corrected chi connectivity index (χ1v) is 10.4. The number of carbonyl (C=O) groups is 1. The molecule has 0 spiro atoms. The van der Waals surface area contributed by atoms with Crippen molar-refractivity contribution in [2.75, 3.05) is 0 Å². The van der Waals surface area contributed by atoms with Crippen LogP contribution in [0.4, 0.5) is 0 Å². The summed E-state index contributed by atoms with van der Waals surface area (Å²) in [5.74, 6) is -0.418. The zero-order chi connectivity index (χ0) is 18.8. The van der Waals surface area contributed by atoms with Gasteiger partial charge in [-0.2, -0.15) is 0 Å². The Bertz CT molecular complexity index is 334. The smallest absolute Gasteiger partial charge is 0.355 e. The number of carbonyl (C=O) groups excluding carboxylic acids is 1. The summed E-state index contributed by atoms with van der Waals surface area (Å²) in [6, 6.07) is 0. The van der Waals surface area contributed by atoms with Gasteiger partial charge in [0.15, 0.2) is 0 Å². The molecular weight excluding hydrogens is 318 g/mol. The molecule has 5 heteroatoms. The zero-order valence-corrected chi connectivity index (χ0v) is 16.5. The van der Waals surface area contributed by atoms with Gasteiger partial charge in [-0.15, -0.1) is 0 Å². The first kappa shape index (κ1) is 23.9. The molecular formula is C20H39NO4. The van der Waals surface area contributed by atoms with E-state index in [1.807, 2.05) is 0 Å². The molecule has 1 unspecified atom stereocenters. The van der Waals surface area contributed by atoms with E-state index < -0.39 is 17.1 Å². The number of hydrogen-bond donors (Lipinski definition) is 0. The molecule has 0 amide bonds. The predicted molar refractivity (Wildman–Crippen MR) is 102 cm³/mol. The minimum atomic E-state index is -1.16. The third-order valence-electron chi connectivity index (χ3n) is 4.54. The number of rotatable bonds is 18. The van der Waals surface area contributed by atoms with E-state index in [0.717, 1.165) is 38.5 Å². The summed E-state index contributed by atoms with van der Waals surface area (Å²) in [7, 11) is 0.